The number of nitrogens with one attached hydrogen (secondary N) is 1. The van der Waals surface area contributed by atoms with E-state index in [-0.39, 0.29) is 0 Å². The molecule has 0 fully saturated rings. The lowest BCUT2D eigenvalue weighted by Gasteiger charge is -2.12. The zero-order valence-corrected chi connectivity index (χ0v) is 10.4. The Morgan fingerprint density at radius 1 is 1.27 bits per heavy atom. The minimum Gasteiger partial charge on any atom is -0.373 e. The molecule has 0 radical (unpaired) electrons. The largest absolute Gasteiger partial charge is 0.373 e. The van der Waals surface area contributed by atoms with Crippen molar-refractivity contribution < 1.29 is 0 Å². The summed E-state index contributed by atoms with van der Waals surface area (Å²) in [5.41, 5.74) is 2.33. The van der Waals surface area contributed by atoms with Crippen molar-refractivity contribution in [3.8, 4) is 0 Å². The maximum absolute atomic E-state index is 4.54. The number of hydrogen-bond donors (Lipinski definition) is 1. The van der Waals surface area contributed by atoms with E-state index in [1.807, 2.05) is 7.05 Å². The van der Waals surface area contributed by atoms with Gasteiger partial charge in [-0.2, -0.15) is 0 Å². The number of rotatable bonds is 4. The van der Waals surface area contributed by atoms with E-state index in [9.17, 15) is 0 Å². The molecule has 15 heavy (non-hydrogen) atoms. The molecule has 1 rings (SSSR count). The molecule has 0 aromatic carbocycles. The number of nitrogens with zero attached hydrogens (tertiary/aromatic N) is 2. The molecule has 0 aliphatic heterocycles. The monoisotopic (exact) mass is 207 g/mol. The second-order valence-corrected chi connectivity index (χ2v) is 4.25. The molecule has 0 amide bonds. The van der Waals surface area contributed by atoms with Crippen molar-refractivity contribution in [2.24, 2.45) is 5.92 Å². The van der Waals surface area contributed by atoms with Crippen LogP contribution in [0.15, 0.2) is 0 Å². The molecule has 0 bridgehead atoms. The Hall–Kier alpha value is -1.12. The van der Waals surface area contributed by atoms with Gasteiger partial charge in [-0.3, -0.25) is 0 Å². The summed E-state index contributed by atoms with van der Waals surface area (Å²) in [5, 5.41) is 3.15. The Morgan fingerprint density at radius 2 is 1.93 bits per heavy atom. The Balaban J connectivity index is 3.08. The molecule has 1 heterocycles. The quantitative estimate of drug-likeness (QED) is 0.824. The van der Waals surface area contributed by atoms with E-state index in [1.54, 1.807) is 0 Å². The van der Waals surface area contributed by atoms with Gasteiger partial charge < -0.3 is 5.32 Å². The lowest BCUT2D eigenvalue weighted by Crippen LogP contribution is -2.09. The Bertz CT molecular complexity index is 332. The van der Waals surface area contributed by atoms with Crippen molar-refractivity contribution in [1.82, 2.24) is 9.97 Å². The van der Waals surface area contributed by atoms with Gasteiger partial charge in [-0.25, -0.2) is 9.97 Å². The van der Waals surface area contributed by atoms with E-state index in [4.69, 9.17) is 0 Å². The van der Waals surface area contributed by atoms with E-state index in [0.29, 0.717) is 5.92 Å². The predicted octanol–water partition coefficient (Wildman–Crippen LogP) is 2.59. The van der Waals surface area contributed by atoms with Gasteiger partial charge in [0, 0.05) is 24.7 Å². The third-order valence-electron chi connectivity index (χ3n) is 2.44. The molecule has 0 aliphatic rings. The Morgan fingerprint density at radius 3 is 2.40 bits per heavy atom. The zero-order valence-electron chi connectivity index (χ0n) is 10.4. The second kappa shape index (κ2) is 5.10. The summed E-state index contributed by atoms with van der Waals surface area (Å²) in [5.74, 6) is 2.53. The first-order valence-electron chi connectivity index (χ1n) is 5.62. The second-order valence-electron chi connectivity index (χ2n) is 4.25. The topological polar surface area (TPSA) is 37.8 Å². The molecule has 0 saturated carbocycles. The van der Waals surface area contributed by atoms with Crippen molar-refractivity contribution >= 4 is 5.82 Å². The molecule has 0 spiro atoms. The van der Waals surface area contributed by atoms with E-state index in [0.717, 1.165) is 30.2 Å². The van der Waals surface area contributed by atoms with Gasteiger partial charge in [0.05, 0.1) is 0 Å². The van der Waals surface area contributed by atoms with Gasteiger partial charge in [0.25, 0.3) is 0 Å². The molecular weight excluding hydrogens is 186 g/mol. The molecule has 0 saturated heterocycles. The number of aryl methyl sites for hydroxylation is 1. The minimum absolute atomic E-state index is 0.599. The lowest BCUT2D eigenvalue weighted by atomic mass is 10.1. The van der Waals surface area contributed by atoms with Crippen LogP contribution in [0.5, 0.6) is 0 Å². The maximum Gasteiger partial charge on any atom is 0.132 e. The zero-order chi connectivity index (χ0) is 11.4. The van der Waals surface area contributed by atoms with Gasteiger partial charge in [-0.05, 0) is 19.3 Å². The molecule has 1 N–H and O–H groups in total. The van der Waals surface area contributed by atoms with Crippen molar-refractivity contribution in [2.45, 2.75) is 40.5 Å². The smallest absolute Gasteiger partial charge is 0.132 e. The van der Waals surface area contributed by atoms with Crippen molar-refractivity contribution in [3.05, 3.63) is 17.1 Å². The SMILES string of the molecule is CCc1c(C)nc(CC(C)C)nc1NC. The van der Waals surface area contributed by atoms with Crippen LogP contribution in [0.4, 0.5) is 5.82 Å². The molecule has 0 aliphatic carbocycles. The molecular formula is C12H21N3. The van der Waals surface area contributed by atoms with Gasteiger partial charge in [0.1, 0.15) is 11.6 Å². The third kappa shape index (κ3) is 2.91. The van der Waals surface area contributed by atoms with Gasteiger partial charge in [0.2, 0.25) is 0 Å². The van der Waals surface area contributed by atoms with Crippen LogP contribution in [0, 0.1) is 12.8 Å². The van der Waals surface area contributed by atoms with Gasteiger partial charge in [-0.15, -0.1) is 0 Å². The van der Waals surface area contributed by atoms with Crippen LogP contribution in [0.1, 0.15) is 37.9 Å². The molecule has 0 unspecified atom stereocenters. The third-order valence-corrected chi connectivity index (χ3v) is 2.44. The van der Waals surface area contributed by atoms with Crippen molar-refractivity contribution in [3.63, 3.8) is 0 Å². The van der Waals surface area contributed by atoms with Crippen LogP contribution in [-0.2, 0) is 12.8 Å². The fraction of sp³-hybridized carbons (Fsp3) is 0.667. The van der Waals surface area contributed by atoms with Crippen molar-refractivity contribution in [2.75, 3.05) is 12.4 Å². The van der Waals surface area contributed by atoms with Crippen LogP contribution in [0.2, 0.25) is 0 Å². The molecule has 3 heteroatoms. The van der Waals surface area contributed by atoms with Gasteiger partial charge >= 0.3 is 0 Å². The van der Waals surface area contributed by atoms with Crippen LogP contribution in [0.3, 0.4) is 0 Å². The maximum atomic E-state index is 4.54. The normalized spacial score (nSPS) is 10.8. The number of aromatic nitrogens is 2. The van der Waals surface area contributed by atoms with Crippen LogP contribution in [0.25, 0.3) is 0 Å². The summed E-state index contributed by atoms with van der Waals surface area (Å²) in [6.07, 6.45) is 1.92. The molecule has 0 atom stereocenters. The fourth-order valence-electron chi connectivity index (χ4n) is 1.74. The summed E-state index contributed by atoms with van der Waals surface area (Å²) in [6.45, 7) is 8.57. The highest BCUT2D eigenvalue weighted by molar-refractivity contribution is 5.45. The first kappa shape index (κ1) is 12.0. The molecule has 1 aromatic heterocycles. The van der Waals surface area contributed by atoms with E-state index >= 15 is 0 Å². The molecule has 84 valence electrons. The minimum atomic E-state index is 0.599. The van der Waals surface area contributed by atoms with Crippen LogP contribution < -0.4 is 5.32 Å². The van der Waals surface area contributed by atoms with Crippen LogP contribution >= 0.6 is 0 Å². The summed E-state index contributed by atoms with van der Waals surface area (Å²) in [7, 11) is 1.92. The average molecular weight is 207 g/mol. The highest BCUT2D eigenvalue weighted by Crippen LogP contribution is 2.17. The average Bonchev–Trinajstić information content (AvgIpc) is 2.15. The predicted molar refractivity (Wildman–Crippen MR) is 64.2 cm³/mol. The van der Waals surface area contributed by atoms with Gasteiger partial charge in [-0.1, -0.05) is 20.8 Å². The lowest BCUT2D eigenvalue weighted by molar-refractivity contribution is 0.618. The summed E-state index contributed by atoms with van der Waals surface area (Å²) < 4.78 is 0. The summed E-state index contributed by atoms with van der Waals surface area (Å²) >= 11 is 0. The summed E-state index contributed by atoms with van der Waals surface area (Å²) in [6, 6.07) is 0. The van der Waals surface area contributed by atoms with E-state index in [1.165, 1.54) is 5.56 Å². The Kier molecular flexibility index (Phi) is 4.06. The van der Waals surface area contributed by atoms with Crippen LogP contribution in [-0.4, -0.2) is 17.0 Å². The first-order valence-corrected chi connectivity index (χ1v) is 5.62. The van der Waals surface area contributed by atoms with Crippen molar-refractivity contribution in [1.29, 1.82) is 0 Å². The highest BCUT2D eigenvalue weighted by Gasteiger charge is 2.09. The molecule has 3 nitrogen and oxygen atoms in total. The Labute approximate surface area is 92.3 Å². The van der Waals surface area contributed by atoms with E-state index in [2.05, 4.69) is 43.0 Å². The number of anilines is 1. The highest BCUT2D eigenvalue weighted by atomic mass is 15.0. The summed E-state index contributed by atoms with van der Waals surface area (Å²) in [4.78, 5) is 9.08. The number of hydrogen-bond acceptors (Lipinski definition) is 3. The molecule has 1 aromatic rings. The first-order chi connectivity index (χ1) is 7.08. The van der Waals surface area contributed by atoms with E-state index < -0.39 is 0 Å². The fourth-order valence-corrected chi connectivity index (χ4v) is 1.74. The standard InChI is InChI=1S/C12H21N3/c1-6-10-9(4)14-11(7-8(2)3)15-12(10)13-5/h8H,6-7H2,1-5H3,(H,13,14,15). The van der Waals surface area contributed by atoms with Gasteiger partial charge in [0.15, 0.2) is 0 Å².